The molecule has 1 aromatic heterocycles. The van der Waals surface area contributed by atoms with Crippen molar-refractivity contribution in [2.45, 2.75) is 26.7 Å². The van der Waals surface area contributed by atoms with E-state index in [1.165, 1.54) is 11.6 Å². The highest BCUT2D eigenvalue weighted by Gasteiger charge is 2.08. The van der Waals surface area contributed by atoms with Crippen LogP contribution in [0.3, 0.4) is 0 Å². The largest absolute Gasteiger partial charge is 0.491 e. The van der Waals surface area contributed by atoms with Gasteiger partial charge in [-0.15, -0.1) is 0 Å². The quantitative estimate of drug-likeness (QED) is 0.542. The molecule has 4 N–H and O–H groups in total. The molecule has 0 radical (unpaired) electrons. The lowest BCUT2D eigenvalue weighted by atomic mass is 10.1. The number of nitrogens with zero attached hydrogens (tertiary/aromatic N) is 1. The van der Waals surface area contributed by atoms with E-state index in [1.54, 1.807) is 6.07 Å². The Kier molecular flexibility index (Phi) is 5.03. The van der Waals surface area contributed by atoms with Gasteiger partial charge in [-0.3, -0.25) is 5.10 Å². The van der Waals surface area contributed by atoms with Crippen LogP contribution >= 0.6 is 0 Å². The number of anilines is 2. The van der Waals surface area contributed by atoms with Crippen molar-refractivity contribution in [1.29, 1.82) is 0 Å². The van der Waals surface area contributed by atoms with E-state index in [1.807, 2.05) is 20.0 Å². The van der Waals surface area contributed by atoms with E-state index in [0.29, 0.717) is 18.0 Å². The summed E-state index contributed by atoms with van der Waals surface area (Å²) in [4.78, 5) is 0. The Morgan fingerprint density at radius 3 is 2.90 bits per heavy atom. The molecule has 0 spiro atoms. The first-order valence-corrected chi connectivity index (χ1v) is 7.06. The number of aromatic amines is 1. The molecule has 0 saturated heterocycles. The number of nitrogens with one attached hydrogen (secondary N) is 2. The topological polar surface area (TPSA) is 76.0 Å². The van der Waals surface area contributed by atoms with Crippen LogP contribution in [-0.2, 0) is 6.42 Å². The van der Waals surface area contributed by atoms with E-state index >= 15 is 0 Å². The van der Waals surface area contributed by atoms with Crippen LogP contribution in [-0.4, -0.2) is 23.3 Å². The van der Waals surface area contributed by atoms with E-state index in [4.69, 9.17) is 10.5 Å². The van der Waals surface area contributed by atoms with Crippen LogP contribution in [0.1, 0.15) is 24.6 Å². The molecule has 21 heavy (non-hydrogen) atoms. The number of hydrogen-bond donors (Lipinski definition) is 3. The zero-order valence-electron chi connectivity index (χ0n) is 12.4. The molecule has 1 aromatic carbocycles. The average Bonchev–Trinajstić information content (AvgIpc) is 2.85. The number of aromatic nitrogens is 2. The highest BCUT2D eigenvalue weighted by Crippen LogP contribution is 2.28. The molecule has 0 aliphatic rings. The first-order valence-electron chi connectivity index (χ1n) is 7.06. The number of benzene rings is 1. The first-order chi connectivity index (χ1) is 10.1. The highest BCUT2D eigenvalue weighted by atomic mass is 19.1. The van der Waals surface area contributed by atoms with Crippen LogP contribution in [0.2, 0.25) is 0 Å². The molecule has 0 aliphatic heterocycles. The van der Waals surface area contributed by atoms with Gasteiger partial charge in [0.15, 0.2) is 11.6 Å². The maximum Gasteiger partial charge on any atom is 0.167 e. The monoisotopic (exact) mass is 292 g/mol. The molecule has 1 heterocycles. The van der Waals surface area contributed by atoms with Gasteiger partial charge in [0.2, 0.25) is 0 Å². The number of halogens is 1. The van der Waals surface area contributed by atoms with Gasteiger partial charge in [-0.2, -0.15) is 5.10 Å². The van der Waals surface area contributed by atoms with Gasteiger partial charge < -0.3 is 15.8 Å². The summed E-state index contributed by atoms with van der Waals surface area (Å²) >= 11 is 0. The Morgan fingerprint density at radius 1 is 1.43 bits per heavy atom. The number of ether oxygens (including phenoxy) is 1. The summed E-state index contributed by atoms with van der Waals surface area (Å²) in [6, 6.07) is 2.89. The van der Waals surface area contributed by atoms with Gasteiger partial charge >= 0.3 is 0 Å². The fourth-order valence-corrected chi connectivity index (χ4v) is 2.12. The summed E-state index contributed by atoms with van der Waals surface area (Å²) in [6.07, 6.45) is 3.70. The van der Waals surface area contributed by atoms with Crippen LogP contribution in [0, 0.1) is 12.7 Å². The summed E-state index contributed by atoms with van der Waals surface area (Å²) in [6.45, 7) is 4.98. The SMILES string of the molecule is CCOc1cc(NCCCc2cn[nH]c2C)c(N)cc1F. The molecule has 0 fully saturated rings. The Bertz CT molecular complexity index is 597. The van der Waals surface area contributed by atoms with Crippen molar-refractivity contribution >= 4 is 11.4 Å². The first kappa shape index (κ1) is 15.2. The second-order valence-corrected chi connectivity index (χ2v) is 4.85. The van der Waals surface area contributed by atoms with E-state index in [-0.39, 0.29) is 5.75 Å². The molecular weight excluding hydrogens is 271 g/mol. The minimum absolute atomic E-state index is 0.222. The summed E-state index contributed by atoms with van der Waals surface area (Å²) < 4.78 is 18.8. The van der Waals surface area contributed by atoms with E-state index in [2.05, 4.69) is 15.5 Å². The van der Waals surface area contributed by atoms with Crippen LogP contribution in [0.5, 0.6) is 5.75 Å². The molecule has 0 bridgehead atoms. The Labute approximate surface area is 123 Å². The molecule has 0 amide bonds. The lowest BCUT2D eigenvalue weighted by molar-refractivity contribution is 0.322. The van der Waals surface area contributed by atoms with Crippen LogP contribution < -0.4 is 15.8 Å². The minimum Gasteiger partial charge on any atom is -0.491 e. The zero-order valence-corrected chi connectivity index (χ0v) is 12.4. The van der Waals surface area contributed by atoms with Crippen LogP contribution in [0.15, 0.2) is 18.3 Å². The van der Waals surface area contributed by atoms with Gasteiger partial charge in [0.05, 0.1) is 24.2 Å². The smallest absolute Gasteiger partial charge is 0.167 e. The van der Waals surface area contributed by atoms with Crippen molar-refractivity contribution in [3.63, 3.8) is 0 Å². The summed E-state index contributed by atoms with van der Waals surface area (Å²) in [5, 5.41) is 10.1. The van der Waals surface area contributed by atoms with E-state index < -0.39 is 5.82 Å². The van der Waals surface area contributed by atoms with Crippen molar-refractivity contribution in [3.8, 4) is 5.75 Å². The molecule has 0 aliphatic carbocycles. The number of hydrogen-bond acceptors (Lipinski definition) is 4. The van der Waals surface area contributed by atoms with Crippen molar-refractivity contribution in [1.82, 2.24) is 10.2 Å². The predicted molar refractivity (Wildman–Crippen MR) is 82.1 cm³/mol. The Morgan fingerprint density at radius 2 is 2.24 bits per heavy atom. The van der Waals surface area contributed by atoms with Gasteiger partial charge in [0.25, 0.3) is 0 Å². The molecule has 6 heteroatoms. The van der Waals surface area contributed by atoms with Gasteiger partial charge in [-0.05, 0) is 32.3 Å². The normalized spacial score (nSPS) is 10.6. The van der Waals surface area contributed by atoms with E-state index in [0.717, 1.165) is 25.1 Å². The Hall–Kier alpha value is -2.24. The highest BCUT2D eigenvalue weighted by molar-refractivity contribution is 5.68. The minimum atomic E-state index is -0.436. The third-order valence-electron chi connectivity index (χ3n) is 3.28. The Balaban J connectivity index is 1.90. The second kappa shape index (κ2) is 6.97. The number of rotatable bonds is 7. The molecule has 114 valence electrons. The maximum absolute atomic E-state index is 13.6. The van der Waals surface area contributed by atoms with Gasteiger partial charge in [0.1, 0.15) is 0 Å². The van der Waals surface area contributed by atoms with Crippen molar-refractivity contribution in [3.05, 3.63) is 35.4 Å². The lowest BCUT2D eigenvalue weighted by Gasteiger charge is -2.12. The number of H-pyrrole nitrogens is 1. The average molecular weight is 292 g/mol. The molecule has 2 aromatic rings. The summed E-state index contributed by atoms with van der Waals surface area (Å²) in [5.41, 5.74) is 9.20. The number of nitrogens with two attached hydrogens (primary N) is 1. The molecule has 0 unspecified atom stereocenters. The molecule has 0 saturated carbocycles. The van der Waals surface area contributed by atoms with E-state index in [9.17, 15) is 4.39 Å². The van der Waals surface area contributed by atoms with Gasteiger partial charge in [-0.25, -0.2) is 4.39 Å². The van der Waals surface area contributed by atoms with Gasteiger partial charge in [-0.1, -0.05) is 0 Å². The molecular formula is C15H21FN4O. The maximum atomic E-state index is 13.6. The predicted octanol–water partition coefficient (Wildman–Crippen LogP) is 2.88. The van der Waals surface area contributed by atoms with Crippen LogP contribution in [0.4, 0.5) is 15.8 Å². The fraction of sp³-hybridized carbons (Fsp3) is 0.400. The number of aryl methyl sites for hydroxylation is 2. The third kappa shape index (κ3) is 3.87. The molecule has 0 atom stereocenters. The molecule has 2 rings (SSSR count). The standard InChI is InChI=1S/C15H21FN4O/c1-3-21-15-8-14(13(17)7-12(15)16)18-6-4-5-11-9-19-20-10(11)2/h7-9,18H,3-6,17H2,1-2H3,(H,19,20). The van der Waals surface area contributed by atoms with Crippen molar-refractivity contribution in [2.75, 3.05) is 24.2 Å². The van der Waals surface area contributed by atoms with Crippen molar-refractivity contribution in [2.24, 2.45) is 0 Å². The van der Waals surface area contributed by atoms with Crippen molar-refractivity contribution < 1.29 is 9.13 Å². The van der Waals surface area contributed by atoms with Gasteiger partial charge in [0, 0.05) is 24.4 Å². The summed E-state index contributed by atoms with van der Waals surface area (Å²) in [5.74, 6) is -0.214. The lowest BCUT2D eigenvalue weighted by Crippen LogP contribution is -2.07. The fourth-order valence-electron chi connectivity index (χ4n) is 2.12. The van der Waals surface area contributed by atoms with Crippen LogP contribution in [0.25, 0.3) is 0 Å². The second-order valence-electron chi connectivity index (χ2n) is 4.85. The molecule has 5 nitrogen and oxygen atoms in total. The zero-order chi connectivity index (χ0) is 15.2. The third-order valence-corrected chi connectivity index (χ3v) is 3.28. The number of nitrogen functional groups attached to an aromatic ring is 1. The summed E-state index contributed by atoms with van der Waals surface area (Å²) in [7, 11) is 0.